The first kappa shape index (κ1) is 17.9. The molecular formula is C18H26N2O2S. The van der Waals surface area contributed by atoms with Crippen LogP contribution >= 0.6 is 11.3 Å². The maximum atomic E-state index is 10.2. The maximum absolute atomic E-state index is 10.2. The Morgan fingerprint density at radius 3 is 2.57 bits per heavy atom. The molecule has 2 unspecified atom stereocenters. The van der Waals surface area contributed by atoms with E-state index in [1.807, 2.05) is 37.6 Å². The quantitative estimate of drug-likeness (QED) is 0.777. The lowest BCUT2D eigenvalue weighted by molar-refractivity contribution is 0.0968. The number of rotatable bonds is 8. The number of thiazole rings is 1. The van der Waals surface area contributed by atoms with Gasteiger partial charge in [0.05, 0.1) is 5.54 Å². The second-order valence-corrected chi connectivity index (χ2v) is 7.09. The summed E-state index contributed by atoms with van der Waals surface area (Å²) in [4.78, 5) is 4.39. The number of benzene rings is 1. The standard InChI is InChI=1S/C18H26N2O2S/c1-5-18(4,17-19-6-7-23-17)20-11-15(21)12-22-16-9-13(2)8-14(3)10-16/h6-10,15,20-21H,5,11-12H2,1-4H3. The Bertz CT molecular complexity index is 595. The fourth-order valence-electron chi connectivity index (χ4n) is 2.46. The molecule has 5 heteroatoms. The Hall–Kier alpha value is -1.43. The minimum absolute atomic E-state index is 0.213. The van der Waals surface area contributed by atoms with Gasteiger partial charge in [-0.15, -0.1) is 11.3 Å². The molecule has 2 rings (SSSR count). The SMILES string of the molecule is CCC(C)(NCC(O)COc1cc(C)cc(C)c1)c1nccs1. The lowest BCUT2D eigenvalue weighted by Crippen LogP contribution is -2.44. The van der Waals surface area contributed by atoms with Gasteiger partial charge in [-0.05, 0) is 50.5 Å². The van der Waals surface area contributed by atoms with Crippen LogP contribution in [0, 0.1) is 13.8 Å². The number of ether oxygens (including phenoxy) is 1. The number of nitrogens with zero attached hydrogens (tertiary/aromatic N) is 1. The molecule has 1 aromatic heterocycles. The first-order valence-corrected chi connectivity index (χ1v) is 8.85. The molecule has 126 valence electrons. The van der Waals surface area contributed by atoms with E-state index in [0.29, 0.717) is 6.54 Å². The van der Waals surface area contributed by atoms with Crippen LogP contribution in [0.3, 0.4) is 0 Å². The van der Waals surface area contributed by atoms with Crippen molar-refractivity contribution in [3.63, 3.8) is 0 Å². The summed E-state index contributed by atoms with van der Waals surface area (Å²) in [7, 11) is 0. The molecule has 1 heterocycles. The monoisotopic (exact) mass is 334 g/mol. The number of aliphatic hydroxyl groups is 1. The normalized spacial score (nSPS) is 15.2. The van der Waals surface area contributed by atoms with Crippen molar-refractivity contribution in [3.05, 3.63) is 45.9 Å². The van der Waals surface area contributed by atoms with Crippen molar-refractivity contribution in [2.75, 3.05) is 13.2 Å². The van der Waals surface area contributed by atoms with Gasteiger partial charge in [0.25, 0.3) is 0 Å². The summed E-state index contributed by atoms with van der Waals surface area (Å²) in [5.41, 5.74) is 2.11. The molecule has 0 aliphatic heterocycles. The first-order chi connectivity index (χ1) is 10.9. The van der Waals surface area contributed by atoms with Gasteiger partial charge in [0.2, 0.25) is 0 Å². The number of nitrogens with one attached hydrogen (secondary N) is 1. The Morgan fingerprint density at radius 2 is 2.00 bits per heavy atom. The van der Waals surface area contributed by atoms with Crippen molar-refractivity contribution in [1.29, 1.82) is 0 Å². The van der Waals surface area contributed by atoms with Crippen molar-refractivity contribution in [1.82, 2.24) is 10.3 Å². The molecular weight excluding hydrogens is 308 g/mol. The molecule has 0 amide bonds. The van der Waals surface area contributed by atoms with Gasteiger partial charge in [-0.25, -0.2) is 4.98 Å². The molecule has 0 bridgehead atoms. The molecule has 0 saturated heterocycles. The minimum Gasteiger partial charge on any atom is -0.491 e. The van der Waals surface area contributed by atoms with Crippen molar-refractivity contribution >= 4 is 11.3 Å². The third kappa shape index (κ3) is 5.03. The highest BCUT2D eigenvalue weighted by atomic mass is 32.1. The zero-order valence-electron chi connectivity index (χ0n) is 14.3. The molecule has 2 aromatic rings. The maximum Gasteiger partial charge on any atom is 0.119 e. The second-order valence-electron chi connectivity index (χ2n) is 6.19. The topological polar surface area (TPSA) is 54.4 Å². The van der Waals surface area contributed by atoms with Crippen LogP contribution < -0.4 is 10.1 Å². The molecule has 0 saturated carbocycles. The number of aromatic nitrogens is 1. The molecule has 23 heavy (non-hydrogen) atoms. The Balaban J connectivity index is 1.86. The summed E-state index contributed by atoms with van der Waals surface area (Å²) in [5.74, 6) is 0.805. The van der Waals surface area contributed by atoms with Crippen LogP contribution in [-0.4, -0.2) is 29.3 Å². The van der Waals surface area contributed by atoms with Crippen LogP contribution in [-0.2, 0) is 5.54 Å². The highest BCUT2D eigenvalue weighted by Gasteiger charge is 2.27. The third-order valence-electron chi connectivity index (χ3n) is 3.98. The van der Waals surface area contributed by atoms with E-state index < -0.39 is 6.10 Å². The van der Waals surface area contributed by atoms with Crippen LogP contribution in [0.25, 0.3) is 0 Å². The average molecular weight is 334 g/mol. The van der Waals surface area contributed by atoms with Gasteiger partial charge in [-0.1, -0.05) is 13.0 Å². The van der Waals surface area contributed by atoms with E-state index in [-0.39, 0.29) is 12.1 Å². The number of aliphatic hydroxyl groups excluding tert-OH is 1. The molecule has 4 nitrogen and oxygen atoms in total. The molecule has 0 aliphatic carbocycles. The van der Waals surface area contributed by atoms with Gasteiger partial charge in [0.1, 0.15) is 23.5 Å². The summed E-state index contributed by atoms with van der Waals surface area (Å²) >= 11 is 1.63. The van der Waals surface area contributed by atoms with Gasteiger partial charge in [0.15, 0.2) is 0 Å². The summed E-state index contributed by atoms with van der Waals surface area (Å²) in [5, 5.41) is 16.6. The predicted molar refractivity (Wildman–Crippen MR) is 95.2 cm³/mol. The fourth-order valence-corrected chi connectivity index (χ4v) is 3.31. The van der Waals surface area contributed by atoms with E-state index in [1.54, 1.807) is 11.3 Å². The molecule has 1 aromatic carbocycles. The van der Waals surface area contributed by atoms with E-state index in [9.17, 15) is 5.11 Å². The Labute approximate surface area is 142 Å². The van der Waals surface area contributed by atoms with Gasteiger partial charge in [0, 0.05) is 18.1 Å². The number of hydrogen-bond donors (Lipinski definition) is 2. The summed E-state index contributed by atoms with van der Waals surface area (Å²) in [6.07, 6.45) is 2.15. The van der Waals surface area contributed by atoms with Gasteiger partial charge < -0.3 is 15.2 Å². The molecule has 0 aliphatic rings. The third-order valence-corrected chi connectivity index (χ3v) is 5.01. The second kappa shape index (κ2) is 7.90. The lowest BCUT2D eigenvalue weighted by Gasteiger charge is -2.28. The molecule has 0 radical (unpaired) electrons. The smallest absolute Gasteiger partial charge is 0.119 e. The predicted octanol–water partition coefficient (Wildman–Crippen LogP) is 3.41. The van der Waals surface area contributed by atoms with Crippen LogP contribution in [0.2, 0.25) is 0 Å². The zero-order chi connectivity index (χ0) is 16.9. The Kier molecular flexibility index (Phi) is 6.16. The van der Waals surface area contributed by atoms with Crippen LogP contribution in [0.1, 0.15) is 36.4 Å². The van der Waals surface area contributed by atoms with Crippen LogP contribution in [0.15, 0.2) is 29.8 Å². The van der Waals surface area contributed by atoms with Crippen LogP contribution in [0.5, 0.6) is 5.75 Å². The summed E-state index contributed by atoms with van der Waals surface area (Å²) in [6.45, 7) is 9.05. The fraction of sp³-hybridized carbons (Fsp3) is 0.500. The van der Waals surface area contributed by atoms with Gasteiger partial charge in [-0.3, -0.25) is 0 Å². The number of aryl methyl sites for hydroxylation is 2. The van der Waals surface area contributed by atoms with Crippen molar-refractivity contribution in [3.8, 4) is 5.75 Å². The van der Waals surface area contributed by atoms with Crippen molar-refractivity contribution < 1.29 is 9.84 Å². The van der Waals surface area contributed by atoms with Crippen molar-refractivity contribution in [2.45, 2.75) is 45.8 Å². The highest BCUT2D eigenvalue weighted by molar-refractivity contribution is 7.09. The molecule has 2 atom stereocenters. The molecule has 0 spiro atoms. The van der Waals surface area contributed by atoms with E-state index >= 15 is 0 Å². The van der Waals surface area contributed by atoms with Gasteiger partial charge >= 0.3 is 0 Å². The molecule has 0 fully saturated rings. The zero-order valence-corrected chi connectivity index (χ0v) is 15.1. The van der Waals surface area contributed by atoms with E-state index in [4.69, 9.17) is 4.74 Å². The summed E-state index contributed by atoms with van der Waals surface area (Å²) < 4.78 is 5.72. The number of hydrogen-bond acceptors (Lipinski definition) is 5. The minimum atomic E-state index is -0.568. The first-order valence-electron chi connectivity index (χ1n) is 7.97. The highest BCUT2D eigenvalue weighted by Crippen LogP contribution is 2.26. The van der Waals surface area contributed by atoms with Gasteiger partial charge in [-0.2, -0.15) is 0 Å². The van der Waals surface area contributed by atoms with E-state index in [1.165, 1.54) is 0 Å². The summed E-state index contributed by atoms with van der Waals surface area (Å²) in [6, 6.07) is 6.07. The largest absolute Gasteiger partial charge is 0.491 e. The molecule has 2 N–H and O–H groups in total. The average Bonchev–Trinajstić information content (AvgIpc) is 3.04. The van der Waals surface area contributed by atoms with E-state index in [2.05, 4.69) is 30.2 Å². The Morgan fingerprint density at radius 1 is 1.30 bits per heavy atom. The van der Waals surface area contributed by atoms with Crippen LogP contribution in [0.4, 0.5) is 0 Å². The van der Waals surface area contributed by atoms with Crippen molar-refractivity contribution in [2.24, 2.45) is 0 Å². The lowest BCUT2D eigenvalue weighted by atomic mass is 9.99. The van der Waals surface area contributed by atoms with E-state index in [0.717, 1.165) is 28.3 Å².